The van der Waals surface area contributed by atoms with Gasteiger partial charge in [-0.1, -0.05) is 13.3 Å². The molecule has 3 nitrogen and oxygen atoms in total. The fourth-order valence-electron chi connectivity index (χ4n) is 7.61. The number of fused-ring (bicyclic) bond motifs is 5. The Morgan fingerprint density at radius 1 is 1.04 bits per heavy atom. The minimum Gasteiger partial charge on any atom is -0.300 e. The van der Waals surface area contributed by atoms with Crippen molar-refractivity contribution < 1.29 is 13.2 Å². The molecule has 6 atom stereocenters. The van der Waals surface area contributed by atoms with Crippen LogP contribution in [0.25, 0.3) is 0 Å². The Labute approximate surface area is 146 Å². The third kappa shape index (κ3) is 2.59. The molecule has 4 saturated carbocycles. The summed E-state index contributed by atoms with van der Waals surface area (Å²) in [7, 11) is -2.92. The fraction of sp³-hybridized carbons (Fsp3) is 0.950. The van der Waals surface area contributed by atoms with Crippen molar-refractivity contribution in [2.75, 3.05) is 12.0 Å². The summed E-state index contributed by atoms with van der Waals surface area (Å²) in [5.41, 5.74) is 0.402. The highest BCUT2D eigenvalue weighted by molar-refractivity contribution is 7.90. The molecule has 24 heavy (non-hydrogen) atoms. The van der Waals surface area contributed by atoms with Gasteiger partial charge in [0.25, 0.3) is 0 Å². The van der Waals surface area contributed by atoms with Crippen LogP contribution in [0, 0.1) is 34.5 Å². The average molecular weight is 353 g/mol. The highest BCUT2D eigenvalue weighted by Crippen LogP contribution is 2.66. The molecule has 4 fully saturated rings. The first kappa shape index (κ1) is 17.1. The van der Waals surface area contributed by atoms with E-state index in [9.17, 15) is 13.2 Å². The van der Waals surface area contributed by atoms with Crippen LogP contribution in [0.5, 0.6) is 0 Å². The van der Waals surface area contributed by atoms with Crippen molar-refractivity contribution >= 4 is 15.6 Å². The zero-order chi connectivity index (χ0) is 17.2. The summed E-state index contributed by atoms with van der Waals surface area (Å²) in [6.07, 6.45) is 12.3. The summed E-state index contributed by atoms with van der Waals surface area (Å²) >= 11 is 0. The van der Waals surface area contributed by atoms with Gasteiger partial charge in [0.15, 0.2) is 0 Å². The number of hydrogen-bond donors (Lipinski definition) is 0. The van der Waals surface area contributed by atoms with Gasteiger partial charge in [-0.3, -0.25) is 4.79 Å². The maximum atomic E-state index is 12.1. The minimum absolute atomic E-state index is 0.0719. The van der Waals surface area contributed by atoms with Gasteiger partial charge in [-0.05, 0) is 79.4 Å². The molecule has 4 aliphatic carbocycles. The van der Waals surface area contributed by atoms with Crippen molar-refractivity contribution in [3.05, 3.63) is 0 Å². The van der Waals surface area contributed by atoms with Gasteiger partial charge in [0.2, 0.25) is 0 Å². The third-order valence-corrected chi connectivity index (χ3v) is 9.66. The Kier molecular flexibility index (Phi) is 3.95. The molecule has 0 bridgehead atoms. The monoisotopic (exact) mass is 352 g/mol. The SMILES string of the molecule is C[C@]12CCC(=O)C[C@@H]1CC[C@H]1[C@@H]3CCC[C@@]3(CS(C)(=O)=O)CC[C@@H]12. The van der Waals surface area contributed by atoms with E-state index in [1.807, 2.05) is 0 Å². The van der Waals surface area contributed by atoms with Gasteiger partial charge in [0, 0.05) is 19.1 Å². The number of ketones is 1. The normalized spacial score (nSPS) is 48.5. The Morgan fingerprint density at radius 2 is 1.83 bits per heavy atom. The molecule has 0 amide bonds. The first-order valence-corrected chi connectivity index (χ1v) is 12.0. The largest absolute Gasteiger partial charge is 0.300 e. The predicted octanol–water partition coefficient (Wildman–Crippen LogP) is 4.01. The summed E-state index contributed by atoms with van der Waals surface area (Å²) in [4.78, 5) is 11.9. The molecule has 0 aliphatic heterocycles. The van der Waals surface area contributed by atoms with E-state index in [4.69, 9.17) is 0 Å². The second-order valence-corrected chi connectivity index (χ2v) is 11.9. The molecule has 0 saturated heterocycles. The highest BCUT2D eigenvalue weighted by Gasteiger charge is 2.59. The zero-order valence-electron chi connectivity index (χ0n) is 15.2. The van der Waals surface area contributed by atoms with Crippen LogP contribution >= 0.6 is 0 Å². The molecular formula is C20H32O3S. The van der Waals surface area contributed by atoms with Crippen LogP contribution in [0.15, 0.2) is 0 Å². The van der Waals surface area contributed by atoms with E-state index in [0.29, 0.717) is 34.7 Å². The van der Waals surface area contributed by atoms with E-state index in [-0.39, 0.29) is 5.41 Å². The molecule has 0 aromatic heterocycles. The lowest BCUT2D eigenvalue weighted by molar-refractivity contribution is -0.137. The van der Waals surface area contributed by atoms with Crippen molar-refractivity contribution in [2.45, 2.75) is 71.1 Å². The van der Waals surface area contributed by atoms with E-state index < -0.39 is 9.84 Å². The van der Waals surface area contributed by atoms with Crippen LogP contribution in [0.2, 0.25) is 0 Å². The lowest BCUT2D eigenvalue weighted by Gasteiger charge is -2.60. The molecule has 136 valence electrons. The zero-order valence-corrected chi connectivity index (χ0v) is 16.0. The first-order chi connectivity index (χ1) is 11.2. The highest BCUT2D eigenvalue weighted by atomic mass is 32.2. The van der Waals surface area contributed by atoms with Crippen LogP contribution in [-0.4, -0.2) is 26.2 Å². The predicted molar refractivity (Wildman–Crippen MR) is 95.4 cm³/mol. The maximum Gasteiger partial charge on any atom is 0.148 e. The smallest absolute Gasteiger partial charge is 0.148 e. The Balaban J connectivity index is 1.63. The lowest BCUT2D eigenvalue weighted by atomic mass is 9.45. The van der Waals surface area contributed by atoms with E-state index >= 15 is 0 Å². The summed E-state index contributed by atoms with van der Waals surface area (Å²) in [6.45, 7) is 2.46. The van der Waals surface area contributed by atoms with Crippen LogP contribution in [0.1, 0.15) is 71.1 Å². The minimum atomic E-state index is -2.92. The van der Waals surface area contributed by atoms with E-state index in [1.54, 1.807) is 0 Å². The van der Waals surface area contributed by atoms with Crippen LogP contribution in [0.4, 0.5) is 0 Å². The Hall–Kier alpha value is -0.380. The second kappa shape index (κ2) is 5.56. The maximum absolute atomic E-state index is 12.1. The molecule has 0 unspecified atom stereocenters. The molecule has 0 spiro atoms. The summed E-state index contributed by atoms with van der Waals surface area (Å²) < 4.78 is 24.2. The van der Waals surface area contributed by atoms with Crippen molar-refractivity contribution in [2.24, 2.45) is 34.5 Å². The first-order valence-electron chi connectivity index (χ1n) is 9.93. The standard InChI is InChI=1S/C20H32O3S/c1-19-10-7-15(21)12-14(19)5-6-16-17(19)8-11-20(13-24(2,22)23)9-3-4-18(16)20/h14,16-18H,3-13H2,1-2H3/t14-,16+,17-,18-,19-,20-/m0/s1. The molecule has 4 heteroatoms. The number of Topliss-reactive ketones (excluding diaryl/α,β-unsaturated/α-hetero) is 1. The number of carbonyl (C=O) groups is 1. The van der Waals surface area contributed by atoms with Gasteiger partial charge < -0.3 is 0 Å². The number of hydrogen-bond acceptors (Lipinski definition) is 3. The molecule has 0 aromatic carbocycles. The van der Waals surface area contributed by atoms with Gasteiger partial charge in [-0.25, -0.2) is 8.42 Å². The van der Waals surface area contributed by atoms with E-state index in [0.717, 1.165) is 38.0 Å². The van der Waals surface area contributed by atoms with E-state index in [2.05, 4.69) is 6.92 Å². The van der Waals surface area contributed by atoms with Crippen molar-refractivity contribution in [1.82, 2.24) is 0 Å². The van der Waals surface area contributed by atoms with Gasteiger partial charge in [-0.2, -0.15) is 0 Å². The van der Waals surface area contributed by atoms with E-state index in [1.165, 1.54) is 38.4 Å². The average Bonchev–Trinajstić information content (AvgIpc) is 2.89. The van der Waals surface area contributed by atoms with Crippen molar-refractivity contribution in [1.29, 1.82) is 0 Å². The second-order valence-electron chi connectivity index (χ2n) is 9.76. The number of sulfone groups is 1. The lowest BCUT2D eigenvalue weighted by Crippen LogP contribution is -2.54. The molecule has 4 aliphatic rings. The molecule has 0 aromatic rings. The third-order valence-electron chi connectivity index (χ3n) is 8.56. The molecule has 0 N–H and O–H groups in total. The van der Waals surface area contributed by atoms with Crippen LogP contribution in [0.3, 0.4) is 0 Å². The molecule has 0 heterocycles. The van der Waals surface area contributed by atoms with Gasteiger partial charge >= 0.3 is 0 Å². The van der Waals surface area contributed by atoms with Gasteiger partial charge in [0.05, 0.1) is 5.75 Å². The quantitative estimate of drug-likeness (QED) is 0.754. The van der Waals surface area contributed by atoms with Crippen molar-refractivity contribution in [3.8, 4) is 0 Å². The fourth-order valence-corrected chi connectivity index (χ4v) is 9.16. The van der Waals surface area contributed by atoms with Crippen LogP contribution in [-0.2, 0) is 14.6 Å². The Bertz CT molecular complexity index is 639. The van der Waals surface area contributed by atoms with Gasteiger partial charge in [0.1, 0.15) is 15.6 Å². The van der Waals surface area contributed by atoms with Gasteiger partial charge in [-0.15, -0.1) is 0 Å². The summed E-state index contributed by atoms with van der Waals surface area (Å²) in [5, 5.41) is 0. The topological polar surface area (TPSA) is 51.2 Å². The summed E-state index contributed by atoms with van der Waals surface area (Å²) in [6, 6.07) is 0. The number of carbonyl (C=O) groups excluding carboxylic acids is 1. The molecular weight excluding hydrogens is 320 g/mol. The Morgan fingerprint density at radius 3 is 2.58 bits per heavy atom. The van der Waals surface area contributed by atoms with Crippen molar-refractivity contribution in [3.63, 3.8) is 0 Å². The van der Waals surface area contributed by atoms with Crippen LogP contribution < -0.4 is 0 Å². The summed E-state index contributed by atoms with van der Waals surface area (Å²) in [5.74, 6) is 3.51. The number of rotatable bonds is 2. The molecule has 0 radical (unpaired) electrons. The molecule has 4 rings (SSSR count).